The Morgan fingerprint density at radius 2 is 1.44 bits per heavy atom. The van der Waals surface area contributed by atoms with Crippen LogP contribution in [0.4, 0.5) is 23.2 Å². The molecule has 0 bridgehead atoms. The van der Waals surface area contributed by atoms with Gasteiger partial charge in [0.05, 0.1) is 5.41 Å². The topological polar surface area (TPSA) is 36.4 Å². The van der Waals surface area contributed by atoms with Crippen molar-refractivity contribution in [1.82, 2.24) is 9.88 Å². The molecule has 2 aromatic rings. The summed E-state index contributed by atoms with van der Waals surface area (Å²) in [6.07, 6.45) is 0. The van der Waals surface area contributed by atoms with Gasteiger partial charge in [-0.3, -0.25) is 4.79 Å². The maximum absolute atomic E-state index is 13.9. The summed E-state index contributed by atoms with van der Waals surface area (Å²) in [5, 5.41) is 0. The Labute approximate surface area is 154 Å². The zero-order valence-electron chi connectivity index (χ0n) is 15.0. The van der Waals surface area contributed by atoms with Gasteiger partial charge in [-0.2, -0.15) is 22.5 Å². The predicted octanol–water partition coefficient (Wildman–Crippen LogP) is 3.26. The van der Waals surface area contributed by atoms with Crippen molar-refractivity contribution < 1.29 is 22.4 Å². The molecule has 0 N–H and O–H groups in total. The Bertz CT molecular complexity index is 824. The lowest BCUT2D eigenvalue weighted by Gasteiger charge is -2.39. The lowest BCUT2D eigenvalue weighted by Crippen LogP contribution is -2.53. The summed E-state index contributed by atoms with van der Waals surface area (Å²) in [4.78, 5) is 18.3. The molecule has 0 unspecified atom stereocenters. The highest BCUT2D eigenvalue weighted by molar-refractivity contribution is 5.87. The number of piperazine rings is 1. The van der Waals surface area contributed by atoms with Crippen LogP contribution in [0.3, 0.4) is 0 Å². The Hall–Kier alpha value is -2.64. The number of hydrogen-bond acceptors (Lipinski definition) is 3. The first-order valence-electron chi connectivity index (χ1n) is 8.53. The predicted molar refractivity (Wildman–Crippen MR) is 92.3 cm³/mol. The minimum Gasteiger partial charge on any atom is -0.363 e. The van der Waals surface area contributed by atoms with Crippen LogP contribution in [0.1, 0.15) is 19.4 Å². The highest BCUT2D eigenvalue weighted by atomic mass is 19.2. The van der Waals surface area contributed by atoms with Crippen molar-refractivity contribution in [3.63, 3.8) is 0 Å². The van der Waals surface area contributed by atoms with Crippen LogP contribution in [-0.2, 0) is 10.2 Å². The third kappa shape index (κ3) is 3.48. The van der Waals surface area contributed by atoms with Crippen LogP contribution in [0.5, 0.6) is 0 Å². The van der Waals surface area contributed by atoms with E-state index in [-0.39, 0.29) is 32.1 Å². The van der Waals surface area contributed by atoms with Gasteiger partial charge in [0.1, 0.15) is 5.69 Å². The highest BCUT2D eigenvalue weighted by Crippen LogP contribution is 2.29. The third-order valence-electron chi connectivity index (χ3n) is 4.89. The number of nitrogens with zero attached hydrogens (tertiary/aromatic N) is 3. The molecule has 0 radical (unpaired) electrons. The van der Waals surface area contributed by atoms with E-state index in [9.17, 15) is 22.4 Å². The van der Waals surface area contributed by atoms with E-state index in [1.165, 1.54) is 4.90 Å². The van der Waals surface area contributed by atoms with Crippen LogP contribution in [0.15, 0.2) is 30.3 Å². The minimum absolute atomic E-state index is 0.0490. The number of halogens is 4. The number of aromatic nitrogens is 1. The molecule has 1 saturated heterocycles. The van der Waals surface area contributed by atoms with E-state index < -0.39 is 34.6 Å². The van der Waals surface area contributed by atoms with E-state index in [1.807, 2.05) is 44.2 Å². The SMILES string of the molecule is CC(C)(C(=O)N1CCN(c2c(F)c(F)nc(F)c2F)CC1)c1ccccc1. The molecule has 27 heavy (non-hydrogen) atoms. The lowest BCUT2D eigenvalue weighted by atomic mass is 9.83. The fourth-order valence-electron chi connectivity index (χ4n) is 3.26. The molecule has 1 amide bonds. The van der Waals surface area contributed by atoms with Crippen LogP contribution >= 0.6 is 0 Å². The van der Waals surface area contributed by atoms with Gasteiger partial charge in [-0.15, -0.1) is 0 Å². The van der Waals surface area contributed by atoms with E-state index in [2.05, 4.69) is 4.98 Å². The summed E-state index contributed by atoms with van der Waals surface area (Å²) in [6.45, 7) is 4.08. The van der Waals surface area contributed by atoms with Crippen LogP contribution < -0.4 is 4.90 Å². The lowest BCUT2D eigenvalue weighted by molar-refractivity contribution is -0.136. The monoisotopic (exact) mass is 381 g/mol. The van der Waals surface area contributed by atoms with Crippen LogP contribution in [0.25, 0.3) is 0 Å². The van der Waals surface area contributed by atoms with Crippen molar-refractivity contribution in [2.24, 2.45) is 0 Å². The zero-order valence-corrected chi connectivity index (χ0v) is 15.0. The average molecular weight is 381 g/mol. The van der Waals surface area contributed by atoms with Gasteiger partial charge in [0.15, 0.2) is 0 Å². The van der Waals surface area contributed by atoms with Crippen molar-refractivity contribution in [3.05, 3.63) is 59.4 Å². The van der Waals surface area contributed by atoms with Gasteiger partial charge in [0.2, 0.25) is 17.5 Å². The maximum Gasteiger partial charge on any atom is 0.253 e. The average Bonchev–Trinajstić information content (AvgIpc) is 2.67. The summed E-state index contributed by atoms with van der Waals surface area (Å²) in [6, 6.07) is 9.28. The Kier molecular flexibility index (Phi) is 5.08. The summed E-state index contributed by atoms with van der Waals surface area (Å²) >= 11 is 0. The molecule has 1 aliphatic rings. The summed E-state index contributed by atoms with van der Waals surface area (Å²) in [5.41, 5.74) is -0.698. The first kappa shape index (κ1) is 19.1. The molecule has 1 aliphatic heterocycles. The van der Waals surface area contributed by atoms with Crippen molar-refractivity contribution in [1.29, 1.82) is 0 Å². The van der Waals surface area contributed by atoms with Crippen molar-refractivity contribution in [3.8, 4) is 0 Å². The second-order valence-electron chi connectivity index (χ2n) is 6.94. The molecule has 8 heteroatoms. The van der Waals surface area contributed by atoms with Gasteiger partial charge in [0, 0.05) is 26.2 Å². The molecular weight excluding hydrogens is 362 g/mol. The minimum atomic E-state index is -1.69. The number of benzene rings is 1. The molecule has 0 atom stereocenters. The molecule has 0 spiro atoms. The van der Waals surface area contributed by atoms with Gasteiger partial charge >= 0.3 is 0 Å². The molecule has 0 saturated carbocycles. The first-order chi connectivity index (χ1) is 12.7. The van der Waals surface area contributed by atoms with Crippen molar-refractivity contribution in [2.75, 3.05) is 31.1 Å². The van der Waals surface area contributed by atoms with Crippen LogP contribution in [-0.4, -0.2) is 42.0 Å². The zero-order chi connectivity index (χ0) is 19.8. The van der Waals surface area contributed by atoms with Crippen molar-refractivity contribution >= 4 is 11.6 Å². The molecular formula is C19H19F4N3O. The fourth-order valence-corrected chi connectivity index (χ4v) is 3.26. The molecule has 0 aliphatic carbocycles. The number of amides is 1. The number of pyridine rings is 1. The third-order valence-corrected chi connectivity index (χ3v) is 4.89. The van der Waals surface area contributed by atoms with Gasteiger partial charge in [-0.1, -0.05) is 30.3 Å². The summed E-state index contributed by atoms with van der Waals surface area (Å²) in [7, 11) is 0. The number of rotatable bonds is 3. The van der Waals surface area contributed by atoms with E-state index in [4.69, 9.17) is 0 Å². The van der Waals surface area contributed by atoms with Gasteiger partial charge in [0.25, 0.3) is 11.9 Å². The number of anilines is 1. The van der Waals surface area contributed by atoms with Gasteiger partial charge in [-0.05, 0) is 19.4 Å². The number of hydrogen-bond donors (Lipinski definition) is 0. The van der Waals surface area contributed by atoms with Crippen LogP contribution in [0, 0.1) is 23.5 Å². The molecule has 4 nitrogen and oxygen atoms in total. The van der Waals surface area contributed by atoms with E-state index in [1.54, 1.807) is 4.90 Å². The van der Waals surface area contributed by atoms with E-state index in [0.717, 1.165) is 5.56 Å². The molecule has 1 aromatic carbocycles. The molecule has 1 fully saturated rings. The smallest absolute Gasteiger partial charge is 0.253 e. The Morgan fingerprint density at radius 3 is 1.96 bits per heavy atom. The largest absolute Gasteiger partial charge is 0.363 e. The molecule has 2 heterocycles. The second-order valence-corrected chi connectivity index (χ2v) is 6.94. The van der Waals surface area contributed by atoms with Gasteiger partial charge < -0.3 is 9.80 Å². The second kappa shape index (κ2) is 7.17. The number of carbonyl (C=O) groups excluding carboxylic acids is 1. The maximum atomic E-state index is 13.9. The Balaban J connectivity index is 1.76. The first-order valence-corrected chi connectivity index (χ1v) is 8.53. The quantitative estimate of drug-likeness (QED) is 0.605. The van der Waals surface area contributed by atoms with Gasteiger partial charge in [-0.25, -0.2) is 0 Å². The summed E-state index contributed by atoms with van der Waals surface area (Å²) < 4.78 is 54.5. The summed E-state index contributed by atoms with van der Waals surface area (Å²) in [5.74, 6) is -6.56. The normalized spacial score (nSPS) is 15.2. The van der Waals surface area contributed by atoms with Crippen molar-refractivity contribution in [2.45, 2.75) is 19.3 Å². The molecule has 3 rings (SSSR count). The standard InChI is InChI=1S/C19H19F4N3O/c1-19(2,12-6-4-3-5-7-12)18(27)26-10-8-25(9-11-26)15-13(20)16(22)24-17(23)14(15)21/h3-7H,8-11H2,1-2H3. The van der Waals surface area contributed by atoms with E-state index >= 15 is 0 Å². The molecule has 144 valence electrons. The van der Waals surface area contributed by atoms with Crippen LogP contribution in [0.2, 0.25) is 0 Å². The van der Waals surface area contributed by atoms with E-state index in [0.29, 0.717) is 0 Å². The Morgan fingerprint density at radius 1 is 0.926 bits per heavy atom. The molecule has 1 aromatic heterocycles. The fraction of sp³-hybridized carbons (Fsp3) is 0.368. The number of carbonyl (C=O) groups is 1. The highest BCUT2D eigenvalue weighted by Gasteiger charge is 2.36.